The number of aliphatic hydroxyl groups is 1. The zero-order valence-electron chi connectivity index (χ0n) is 8.93. The highest BCUT2D eigenvalue weighted by Crippen LogP contribution is 2.27. The molecule has 2 rings (SSSR count). The molecule has 1 aliphatic carbocycles. The summed E-state index contributed by atoms with van der Waals surface area (Å²) >= 11 is 0. The van der Waals surface area contributed by atoms with Crippen LogP contribution in [0, 0.1) is 0 Å². The second-order valence-corrected chi connectivity index (χ2v) is 6.64. The topological polar surface area (TPSA) is 57.6 Å². The first-order chi connectivity index (χ1) is 7.09. The fraction of sp³-hybridized carbons (Fsp3) is 1.00. The lowest BCUT2D eigenvalue weighted by Crippen LogP contribution is -2.46. The summed E-state index contributed by atoms with van der Waals surface area (Å²) in [4.78, 5) is 0. The summed E-state index contributed by atoms with van der Waals surface area (Å²) in [6.07, 6.45) is 4.70. The van der Waals surface area contributed by atoms with Crippen molar-refractivity contribution in [2.75, 3.05) is 12.3 Å². The number of hydrogen-bond acceptors (Lipinski definition) is 3. The largest absolute Gasteiger partial charge is 0.393 e. The Hall–Kier alpha value is -0.130. The molecule has 0 amide bonds. The molecule has 0 aromatic heterocycles. The molecule has 4 nitrogen and oxygen atoms in total. The Balaban J connectivity index is 2.03. The van der Waals surface area contributed by atoms with Crippen LogP contribution in [-0.4, -0.2) is 42.3 Å². The van der Waals surface area contributed by atoms with E-state index in [0.717, 1.165) is 38.5 Å². The van der Waals surface area contributed by atoms with Crippen LogP contribution in [0.15, 0.2) is 0 Å². The molecule has 0 aromatic carbocycles. The molecule has 0 spiro atoms. The SMILES string of the molecule is O=S1(=O)CCCCN1C1CCC(O)CC1. The molecule has 2 fully saturated rings. The Morgan fingerprint density at radius 1 is 1.07 bits per heavy atom. The Bertz CT molecular complexity index is 307. The lowest BCUT2D eigenvalue weighted by atomic mass is 9.93. The molecule has 0 atom stereocenters. The molecule has 1 aliphatic heterocycles. The molecule has 5 heteroatoms. The summed E-state index contributed by atoms with van der Waals surface area (Å²) in [5.74, 6) is 0.312. The van der Waals surface area contributed by atoms with E-state index in [9.17, 15) is 13.5 Å². The van der Waals surface area contributed by atoms with E-state index in [2.05, 4.69) is 0 Å². The fourth-order valence-electron chi connectivity index (χ4n) is 2.56. The van der Waals surface area contributed by atoms with Crippen molar-refractivity contribution < 1.29 is 13.5 Å². The van der Waals surface area contributed by atoms with E-state index in [4.69, 9.17) is 0 Å². The lowest BCUT2D eigenvalue weighted by molar-refractivity contribution is 0.0982. The van der Waals surface area contributed by atoms with Gasteiger partial charge in [0, 0.05) is 12.6 Å². The van der Waals surface area contributed by atoms with E-state index in [1.165, 1.54) is 0 Å². The molecule has 1 saturated carbocycles. The molecule has 15 heavy (non-hydrogen) atoms. The molecule has 0 aromatic rings. The van der Waals surface area contributed by atoms with E-state index in [-0.39, 0.29) is 12.1 Å². The van der Waals surface area contributed by atoms with Crippen molar-refractivity contribution in [2.45, 2.75) is 50.7 Å². The first kappa shape index (κ1) is 11.4. The molecule has 1 heterocycles. The molecule has 0 radical (unpaired) electrons. The summed E-state index contributed by atoms with van der Waals surface area (Å²) in [6, 6.07) is 0.152. The van der Waals surface area contributed by atoms with Crippen LogP contribution >= 0.6 is 0 Å². The van der Waals surface area contributed by atoms with Crippen LogP contribution in [0.25, 0.3) is 0 Å². The van der Waals surface area contributed by atoms with Gasteiger partial charge in [-0.15, -0.1) is 0 Å². The Morgan fingerprint density at radius 3 is 2.33 bits per heavy atom. The third-order valence-corrected chi connectivity index (χ3v) is 5.46. The van der Waals surface area contributed by atoms with Gasteiger partial charge in [-0.2, -0.15) is 4.31 Å². The van der Waals surface area contributed by atoms with Crippen LogP contribution < -0.4 is 0 Å². The van der Waals surface area contributed by atoms with Crippen molar-refractivity contribution in [3.8, 4) is 0 Å². The Labute approximate surface area is 91.3 Å². The maximum Gasteiger partial charge on any atom is 0.214 e. The molecular formula is C10H19NO3S. The highest BCUT2D eigenvalue weighted by atomic mass is 32.2. The smallest absolute Gasteiger partial charge is 0.214 e. The molecule has 1 N–H and O–H groups in total. The third kappa shape index (κ3) is 2.52. The van der Waals surface area contributed by atoms with Crippen LogP contribution in [0.5, 0.6) is 0 Å². The summed E-state index contributed by atoms with van der Waals surface area (Å²) < 4.78 is 25.3. The van der Waals surface area contributed by atoms with Crippen LogP contribution in [0.3, 0.4) is 0 Å². The van der Waals surface area contributed by atoms with E-state index < -0.39 is 10.0 Å². The van der Waals surface area contributed by atoms with Crippen molar-refractivity contribution in [3.63, 3.8) is 0 Å². The van der Waals surface area contributed by atoms with Gasteiger partial charge in [0.1, 0.15) is 0 Å². The van der Waals surface area contributed by atoms with Crippen molar-refractivity contribution in [3.05, 3.63) is 0 Å². The van der Waals surface area contributed by atoms with Crippen LogP contribution in [0.4, 0.5) is 0 Å². The summed E-state index contributed by atoms with van der Waals surface area (Å²) in [5, 5.41) is 9.39. The zero-order valence-corrected chi connectivity index (χ0v) is 9.75. The Morgan fingerprint density at radius 2 is 1.73 bits per heavy atom. The maximum absolute atomic E-state index is 11.8. The number of aliphatic hydroxyl groups excluding tert-OH is 1. The van der Waals surface area contributed by atoms with Gasteiger partial charge in [0.2, 0.25) is 10.0 Å². The quantitative estimate of drug-likeness (QED) is 0.726. The highest BCUT2D eigenvalue weighted by molar-refractivity contribution is 7.89. The summed E-state index contributed by atoms with van der Waals surface area (Å²) in [7, 11) is -2.99. The van der Waals surface area contributed by atoms with Gasteiger partial charge in [-0.1, -0.05) is 0 Å². The number of hydrogen-bond donors (Lipinski definition) is 1. The molecular weight excluding hydrogens is 214 g/mol. The van der Waals surface area contributed by atoms with Gasteiger partial charge in [-0.05, 0) is 38.5 Å². The first-order valence-electron chi connectivity index (χ1n) is 5.77. The van der Waals surface area contributed by atoms with Gasteiger partial charge in [0.25, 0.3) is 0 Å². The zero-order chi connectivity index (χ0) is 10.9. The minimum Gasteiger partial charge on any atom is -0.393 e. The van der Waals surface area contributed by atoms with E-state index in [1.807, 2.05) is 0 Å². The van der Waals surface area contributed by atoms with E-state index in [1.54, 1.807) is 4.31 Å². The van der Waals surface area contributed by atoms with Gasteiger partial charge in [0.15, 0.2) is 0 Å². The van der Waals surface area contributed by atoms with E-state index >= 15 is 0 Å². The predicted octanol–water partition coefficient (Wildman–Crippen LogP) is 0.715. The molecule has 2 aliphatic rings. The van der Waals surface area contributed by atoms with Crippen molar-refractivity contribution >= 4 is 10.0 Å². The second-order valence-electron chi connectivity index (χ2n) is 4.60. The number of nitrogens with zero attached hydrogens (tertiary/aromatic N) is 1. The summed E-state index contributed by atoms with van der Waals surface area (Å²) in [5.41, 5.74) is 0. The monoisotopic (exact) mass is 233 g/mol. The molecule has 88 valence electrons. The standard InChI is InChI=1S/C10H19NO3S/c12-10-5-3-9(4-6-10)11-7-1-2-8-15(11,13)14/h9-10,12H,1-8H2. The first-order valence-corrected chi connectivity index (χ1v) is 7.38. The van der Waals surface area contributed by atoms with Gasteiger partial charge < -0.3 is 5.11 Å². The van der Waals surface area contributed by atoms with Gasteiger partial charge in [0.05, 0.1) is 11.9 Å². The van der Waals surface area contributed by atoms with Crippen LogP contribution in [0.2, 0.25) is 0 Å². The normalized spacial score (nSPS) is 37.7. The molecule has 0 unspecified atom stereocenters. The fourth-order valence-corrected chi connectivity index (χ4v) is 4.44. The number of rotatable bonds is 1. The number of sulfonamides is 1. The Kier molecular flexibility index (Phi) is 3.33. The van der Waals surface area contributed by atoms with Gasteiger partial charge in [-0.25, -0.2) is 8.42 Å². The van der Waals surface area contributed by atoms with Crippen LogP contribution in [0.1, 0.15) is 38.5 Å². The maximum atomic E-state index is 11.8. The summed E-state index contributed by atoms with van der Waals surface area (Å²) in [6.45, 7) is 0.684. The van der Waals surface area contributed by atoms with E-state index in [0.29, 0.717) is 12.3 Å². The van der Waals surface area contributed by atoms with Crippen molar-refractivity contribution in [2.24, 2.45) is 0 Å². The highest BCUT2D eigenvalue weighted by Gasteiger charge is 2.34. The lowest BCUT2D eigenvalue weighted by Gasteiger charge is -2.36. The molecule has 0 bridgehead atoms. The third-order valence-electron chi connectivity index (χ3n) is 3.46. The van der Waals surface area contributed by atoms with Crippen LogP contribution in [-0.2, 0) is 10.0 Å². The van der Waals surface area contributed by atoms with Gasteiger partial charge in [-0.3, -0.25) is 0 Å². The molecule has 1 saturated heterocycles. The average Bonchev–Trinajstić information content (AvgIpc) is 2.19. The minimum absolute atomic E-state index is 0.152. The second kappa shape index (κ2) is 4.39. The van der Waals surface area contributed by atoms with Gasteiger partial charge >= 0.3 is 0 Å². The van der Waals surface area contributed by atoms with Crippen molar-refractivity contribution in [1.82, 2.24) is 4.31 Å². The predicted molar refractivity (Wildman–Crippen MR) is 58.0 cm³/mol. The van der Waals surface area contributed by atoms with Crippen molar-refractivity contribution in [1.29, 1.82) is 0 Å². The minimum atomic E-state index is -2.99. The average molecular weight is 233 g/mol.